The van der Waals surface area contributed by atoms with Gasteiger partial charge in [0.05, 0.1) is 28.3 Å². The van der Waals surface area contributed by atoms with E-state index in [-0.39, 0.29) is 17.6 Å². The van der Waals surface area contributed by atoms with Crippen LogP contribution in [0.4, 0.5) is 0 Å². The molecule has 0 aliphatic carbocycles. The topological polar surface area (TPSA) is 63.9 Å². The fourth-order valence-electron chi connectivity index (χ4n) is 3.83. The van der Waals surface area contributed by atoms with Gasteiger partial charge in [-0.05, 0) is 30.4 Å². The number of para-hydroxylation sites is 1. The van der Waals surface area contributed by atoms with Gasteiger partial charge in [-0.2, -0.15) is 4.99 Å². The number of piperidine rings is 1. The van der Waals surface area contributed by atoms with Crippen LogP contribution in [0.3, 0.4) is 0 Å². The number of aromatic nitrogens is 1. The Bertz CT molecular complexity index is 911. The molecule has 0 saturated carbocycles. The van der Waals surface area contributed by atoms with Crippen molar-refractivity contribution < 1.29 is 14.3 Å². The lowest BCUT2D eigenvalue weighted by atomic mass is 9.92. The average Bonchev–Trinajstić information content (AvgIpc) is 3.02. The number of thiazole rings is 1. The Kier molecular flexibility index (Phi) is 7.91. The summed E-state index contributed by atoms with van der Waals surface area (Å²) in [7, 11) is 1.66. The molecule has 2 atom stereocenters. The van der Waals surface area contributed by atoms with Crippen LogP contribution in [0.1, 0.15) is 20.3 Å². The number of carbonyl (C=O) groups is 2. The monoisotopic (exact) mass is 435 g/mol. The molecule has 0 spiro atoms. The second kappa shape index (κ2) is 10.4. The molecular weight excluding hydrogens is 406 g/mol. The Morgan fingerprint density at radius 3 is 2.66 bits per heavy atom. The van der Waals surface area contributed by atoms with Gasteiger partial charge < -0.3 is 14.2 Å². The van der Waals surface area contributed by atoms with Gasteiger partial charge >= 0.3 is 0 Å². The van der Waals surface area contributed by atoms with Crippen molar-refractivity contribution in [3.63, 3.8) is 0 Å². The molecule has 0 radical (unpaired) electrons. The lowest BCUT2D eigenvalue weighted by Gasteiger charge is -2.35. The predicted octanol–water partition coefficient (Wildman–Crippen LogP) is 3.01. The normalized spacial score (nSPS) is 20.4. The Morgan fingerprint density at radius 2 is 1.93 bits per heavy atom. The quantitative estimate of drug-likeness (QED) is 0.671. The average molecular weight is 436 g/mol. The number of benzene rings is 1. The third-order valence-electron chi connectivity index (χ3n) is 5.00. The zero-order chi connectivity index (χ0) is 20.8. The fourth-order valence-corrected chi connectivity index (χ4v) is 5.60. The number of nitrogens with zero attached hydrogens (tertiary/aromatic N) is 3. The number of thioether (sulfide) groups is 1. The largest absolute Gasteiger partial charge is 0.383 e. The molecule has 1 fully saturated rings. The van der Waals surface area contributed by atoms with Crippen LogP contribution in [-0.2, 0) is 20.9 Å². The van der Waals surface area contributed by atoms with Crippen molar-refractivity contribution in [1.82, 2.24) is 9.47 Å². The van der Waals surface area contributed by atoms with Crippen molar-refractivity contribution >= 4 is 45.1 Å². The van der Waals surface area contributed by atoms with Gasteiger partial charge in [-0.3, -0.25) is 9.59 Å². The van der Waals surface area contributed by atoms with Crippen LogP contribution in [0.2, 0.25) is 0 Å². The molecule has 3 rings (SSSR count). The minimum absolute atomic E-state index is 0.123. The molecule has 8 heteroatoms. The molecule has 29 heavy (non-hydrogen) atoms. The highest BCUT2D eigenvalue weighted by Crippen LogP contribution is 2.21. The molecule has 6 nitrogen and oxygen atoms in total. The first-order valence-electron chi connectivity index (χ1n) is 9.98. The maximum absolute atomic E-state index is 12.5. The van der Waals surface area contributed by atoms with E-state index in [1.165, 1.54) is 29.5 Å². The SMILES string of the molecule is COCCn1c(=NC(=O)CSCC(=O)N2CC(C)CC(C)C2)sc2ccccc21. The third kappa shape index (κ3) is 5.93. The summed E-state index contributed by atoms with van der Waals surface area (Å²) in [6, 6.07) is 8.02. The Morgan fingerprint density at radius 1 is 1.21 bits per heavy atom. The fraction of sp³-hybridized carbons (Fsp3) is 0.571. The summed E-state index contributed by atoms with van der Waals surface area (Å²) in [4.78, 5) is 31.8. The van der Waals surface area contributed by atoms with Crippen molar-refractivity contribution in [2.75, 3.05) is 38.3 Å². The van der Waals surface area contributed by atoms with Gasteiger partial charge in [-0.15, -0.1) is 11.8 Å². The van der Waals surface area contributed by atoms with Crippen LogP contribution in [-0.4, -0.2) is 59.6 Å². The molecule has 1 aromatic carbocycles. The summed E-state index contributed by atoms with van der Waals surface area (Å²) < 4.78 is 8.31. The summed E-state index contributed by atoms with van der Waals surface area (Å²) in [6.07, 6.45) is 1.17. The van der Waals surface area contributed by atoms with Gasteiger partial charge in [0, 0.05) is 26.7 Å². The minimum atomic E-state index is -0.207. The second-order valence-corrected chi connectivity index (χ2v) is 9.73. The Hall–Kier alpha value is -1.64. The maximum Gasteiger partial charge on any atom is 0.258 e. The lowest BCUT2D eigenvalue weighted by Crippen LogP contribution is -2.43. The first-order valence-corrected chi connectivity index (χ1v) is 12.0. The third-order valence-corrected chi connectivity index (χ3v) is 6.96. The van der Waals surface area contributed by atoms with E-state index >= 15 is 0 Å². The van der Waals surface area contributed by atoms with Crippen molar-refractivity contribution in [2.24, 2.45) is 16.8 Å². The summed E-state index contributed by atoms with van der Waals surface area (Å²) in [5, 5.41) is 0. The number of carbonyl (C=O) groups excluding carboxylic acids is 2. The van der Waals surface area contributed by atoms with E-state index in [1.54, 1.807) is 7.11 Å². The highest BCUT2D eigenvalue weighted by atomic mass is 32.2. The van der Waals surface area contributed by atoms with E-state index in [4.69, 9.17) is 4.74 Å². The first kappa shape index (κ1) is 22.1. The van der Waals surface area contributed by atoms with Gasteiger partial charge in [0.2, 0.25) is 5.91 Å². The van der Waals surface area contributed by atoms with E-state index in [9.17, 15) is 9.59 Å². The van der Waals surface area contributed by atoms with Crippen LogP contribution in [0.5, 0.6) is 0 Å². The van der Waals surface area contributed by atoms with Crippen molar-refractivity contribution in [3.05, 3.63) is 29.1 Å². The number of ether oxygens (including phenoxy) is 1. The number of rotatable bonds is 7. The molecule has 1 aliphatic rings. The smallest absolute Gasteiger partial charge is 0.258 e. The summed E-state index contributed by atoms with van der Waals surface area (Å²) in [5.74, 6) is 1.54. The van der Waals surface area contributed by atoms with E-state index < -0.39 is 0 Å². The Balaban J connectivity index is 1.61. The van der Waals surface area contributed by atoms with Gasteiger partial charge in [0.15, 0.2) is 4.80 Å². The molecule has 158 valence electrons. The van der Waals surface area contributed by atoms with Gasteiger partial charge in [0.25, 0.3) is 5.91 Å². The van der Waals surface area contributed by atoms with Crippen molar-refractivity contribution in [3.8, 4) is 0 Å². The Labute approximate surface area is 180 Å². The van der Waals surface area contributed by atoms with E-state index in [2.05, 4.69) is 18.8 Å². The molecule has 1 saturated heterocycles. The molecular formula is C21H29N3O3S2. The maximum atomic E-state index is 12.5. The van der Waals surface area contributed by atoms with Crippen molar-refractivity contribution in [2.45, 2.75) is 26.8 Å². The molecule has 2 amide bonds. The van der Waals surface area contributed by atoms with Crippen LogP contribution in [0.15, 0.2) is 29.3 Å². The highest BCUT2D eigenvalue weighted by molar-refractivity contribution is 8.00. The van der Waals surface area contributed by atoms with Gasteiger partial charge in [-0.25, -0.2) is 0 Å². The van der Waals surface area contributed by atoms with Crippen LogP contribution in [0.25, 0.3) is 10.2 Å². The molecule has 0 N–H and O–H groups in total. The number of hydrogen-bond donors (Lipinski definition) is 0. The zero-order valence-corrected chi connectivity index (χ0v) is 18.9. The summed E-state index contributed by atoms with van der Waals surface area (Å²) in [6.45, 7) is 7.22. The van der Waals surface area contributed by atoms with Crippen LogP contribution < -0.4 is 4.80 Å². The number of hydrogen-bond acceptors (Lipinski definition) is 5. The van der Waals surface area contributed by atoms with Crippen molar-refractivity contribution in [1.29, 1.82) is 0 Å². The molecule has 1 aliphatic heterocycles. The van der Waals surface area contributed by atoms with Gasteiger partial charge in [0.1, 0.15) is 0 Å². The number of likely N-dealkylation sites (tertiary alicyclic amines) is 1. The summed E-state index contributed by atoms with van der Waals surface area (Å²) in [5.41, 5.74) is 1.05. The van der Waals surface area contributed by atoms with Crippen LogP contribution in [0, 0.1) is 11.8 Å². The molecule has 1 aromatic heterocycles. The first-order chi connectivity index (χ1) is 14.0. The van der Waals surface area contributed by atoms with E-state index in [1.807, 2.05) is 33.7 Å². The van der Waals surface area contributed by atoms with Gasteiger partial charge in [-0.1, -0.05) is 37.3 Å². The molecule has 2 heterocycles. The number of amides is 2. The second-order valence-electron chi connectivity index (χ2n) is 7.74. The molecule has 2 aromatic rings. The number of methoxy groups -OCH3 is 1. The zero-order valence-electron chi connectivity index (χ0n) is 17.3. The lowest BCUT2D eigenvalue weighted by molar-refractivity contribution is -0.130. The highest BCUT2D eigenvalue weighted by Gasteiger charge is 2.25. The minimum Gasteiger partial charge on any atom is -0.383 e. The van der Waals surface area contributed by atoms with Crippen LogP contribution >= 0.6 is 23.1 Å². The van der Waals surface area contributed by atoms with E-state index in [0.717, 1.165) is 23.3 Å². The standard InChI is InChI=1S/C21H29N3O3S2/c1-15-10-16(2)12-23(11-15)20(26)14-28-13-19(25)22-21-24(8-9-27-3)17-6-4-5-7-18(17)29-21/h4-7,15-16H,8-14H2,1-3H3. The predicted molar refractivity (Wildman–Crippen MR) is 119 cm³/mol. The van der Waals surface area contributed by atoms with E-state index in [0.29, 0.717) is 35.5 Å². The molecule has 0 bridgehead atoms. The number of fused-ring (bicyclic) bond motifs is 1. The molecule has 2 unspecified atom stereocenters. The summed E-state index contributed by atoms with van der Waals surface area (Å²) >= 11 is 2.85.